The van der Waals surface area contributed by atoms with Crippen LogP contribution in [0.3, 0.4) is 0 Å². The Kier molecular flexibility index (Phi) is 3.39. The number of fused-ring (bicyclic) bond motifs is 1. The molecule has 0 aliphatic rings. The fraction of sp³-hybridized carbons (Fsp3) is 0.0833. The van der Waals surface area contributed by atoms with Crippen molar-refractivity contribution in [1.29, 1.82) is 0 Å². The molecule has 0 spiro atoms. The monoisotopic (exact) mass is 336 g/mol. The molecule has 19 heavy (non-hydrogen) atoms. The van der Waals surface area contributed by atoms with E-state index < -0.39 is 0 Å². The zero-order chi connectivity index (χ0) is 13.2. The molecule has 0 unspecified atom stereocenters. The molecule has 0 bridgehead atoms. The van der Waals surface area contributed by atoms with Crippen molar-refractivity contribution < 1.29 is 0 Å². The Labute approximate surface area is 121 Å². The number of nitrogens with one attached hydrogen (secondary N) is 1. The smallest absolute Gasteiger partial charge is 0.252 e. The Morgan fingerprint density at radius 3 is 2.79 bits per heavy atom. The zero-order valence-corrected chi connectivity index (χ0v) is 12.1. The SMILES string of the molecule is O=c1ccn2c(SCc3ccc(Br)cc3)nnc2[nH]1. The molecule has 0 aliphatic carbocycles. The van der Waals surface area contributed by atoms with Gasteiger partial charge in [0.1, 0.15) is 0 Å². The molecule has 0 radical (unpaired) electrons. The van der Waals surface area contributed by atoms with Crippen LogP contribution in [0.5, 0.6) is 0 Å². The van der Waals surface area contributed by atoms with Crippen LogP contribution in [-0.4, -0.2) is 19.6 Å². The van der Waals surface area contributed by atoms with Gasteiger partial charge in [-0.2, -0.15) is 0 Å². The number of hydrogen-bond donors (Lipinski definition) is 1. The Bertz CT molecular complexity index is 765. The number of aromatic nitrogens is 4. The van der Waals surface area contributed by atoms with E-state index in [9.17, 15) is 4.79 Å². The molecular formula is C12H9BrN4OS. The lowest BCUT2D eigenvalue weighted by Crippen LogP contribution is -2.05. The summed E-state index contributed by atoms with van der Waals surface area (Å²) in [7, 11) is 0. The normalized spacial score (nSPS) is 11.0. The molecule has 1 N–H and O–H groups in total. The number of thioether (sulfide) groups is 1. The van der Waals surface area contributed by atoms with Crippen LogP contribution in [-0.2, 0) is 5.75 Å². The predicted octanol–water partition coefficient (Wildman–Crippen LogP) is 2.47. The van der Waals surface area contributed by atoms with Crippen LogP contribution in [0.25, 0.3) is 5.78 Å². The van der Waals surface area contributed by atoms with Crippen molar-refractivity contribution in [2.24, 2.45) is 0 Å². The van der Waals surface area contributed by atoms with E-state index >= 15 is 0 Å². The van der Waals surface area contributed by atoms with E-state index in [-0.39, 0.29) is 5.56 Å². The van der Waals surface area contributed by atoms with Gasteiger partial charge in [0.2, 0.25) is 5.78 Å². The van der Waals surface area contributed by atoms with E-state index in [2.05, 4.69) is 43.2 Å². The Balaban J connectivity index is 1.82. The van der Waals surface area contributed by atoms with Gasteiger partial charge in [0.05, 0.1) is 0 Å². The molecule has 96 valence electrons. The van der Waals surface area contributed by atoms with Gasteiger partial charge < -0.3 is 0 Å². The summed E-state index contributed by atoms with van der Waals surface area (Å²) in [5.41, 5.74) is 1.03. The maximum absolute atomic E-state index is 11.2. The van der Waals surface area contributed by atoms with Crippen LogP contribution in [0.1, 0.15) is 5.56 Å². The van der Waals surface area contributed by atoms with Crippen molar-refractivity contribution in [3.63, 3.8) is 0 Å². The third-order valence-corrected chi connectivity index (χ3v) is 4.10. The minimum absolute atomic E-state index is 0.177. The maximum atomic E-state index is 11.2. The van der Waals surface area contributed by atoms with Gasteiger partial charge in [0, 0.05) is 22.5 Å². The highest BCUT2D eigenvalue weighted by atomic mass is 79.9. The molecule has 2 heterocycles. The van der Waals surface area contributed by atoms with E-state index in [1.54, 1.807) is 22.4 Å². The lowest BCUT2D eigenvalue weighted by atomic mass is 10.2. The van der Waals surface area contributed by atoms with E-state index in [0.717, 1.165) is 15.4 Å². The summed E-state index contributed by atoms with van der Waals surface area (Å²) in [6, 6.07) is 9.59. The van der Waals surface area contributed by atoms with Gasteiger partial charge in [0.15, 0.2) is 5.16 Å². The van der Waals surface area contributed by atoms with Crippen molar-refractivity contribution in [1.82, 2.24) is 19.6 Å². The fourth-order valence-corrected chi connectivity index (χ4v) is 2.76. The molecule has 3 rings (SSSR count). The quantitative estimate of drug-likeness (QED) is 0.746. The molecule has 0 atom stereocenters. The lowest BCUT2D eigenvalue weighted by molar-refractivity contribution is 0.916. The third-order valence-electron chi connectivity index (χ3n) is 2.56. The number of halogens is 1. The summed E-state index contributed by atoms with van der Waals surface area (Å²) >= 11 is 4.98. The molecule has 0 aliphatic heterocycles. The lowest BCUT2D eigenvalue weighted by Gasteiger charge is -2.00. The Morgan fingerprint density at radius 1 is 1.21 bits per heavy atom. The first-order chi connectivity index (χ1) is 9.22. The van der Waals surface area contributed by atoms with Crippen molar-refractivity contribution in [3.05, 3.63) is 56.9 Å². The first-order valence-electron chi connectivity index (χ1n) is 5.54. The second-order valence-electron chi connectivity index (χ2n) is 3.90. The molecule has 0 saturated heterocycles. The van der Waals surface area contributed by atoms with Gasteiger partial charge in [0.25, 0.3) is 5.56 Å². The molecule has 0 amide bonds. The summed E-state index contributed by atoms with van der Waals surface area (Å²) in [5, 5.41) is 8.76. The van der Waals surface area contributed by atoms with Gasteiger partial charge >= 0.3 is 0 Å². The summed E-state index contributed by atoms with van der Waals surface area (Å²) in [5.74, 6) is 1.26. The number of nitrogens with zero attached hydrogens (tertiary/aromatic N) is 3. The van der Waals surface area contributed by atoms with E-state index in [0.29, 0.717) is 5.78 Å². The number of rotatable bonds is 3. The van der Waals surface area contributed by atoms with Crippen LogP contribution < -0.4 is 5.56 Å². The summed E-state index contributed by atoms with van der Waals surface area (Å²) in [6.45, 7) is 0. The minimum atomic E-state index is -0.177. The van der Waals surface area contributed by atoms with Crippen LogP contribution in [0.15, 0.2) is 51.0 Å². The third kappa shape index (κ3) is 2.71. The minimum Gasteiger partial charge on any atom is -0.291 e. The maximum Gasteiger partial charge on any atom is 0.252 e. The molecule has 0 saturated carbocycles. The average molecular weight is 337 g/mol. The summed E-state index contributed by atoms with van der Waals surface area (Å²) in [4.78, 5) is 13.8. The van der Waals surface area contributed by atoms with E-state index in [1.165, 1.54) is 11.6 Å². The van der Waals surface area contributed by atoms with E-state index in [4.69, 9.17) is 0 Å². The molecule has 0 fully saturated rings. The van der Waals surface area contributed by atoms with Crippen LogP contribution in [0.2, 0.25) is 0 Å². The van der Waals surface area contributed by atoms with Crippen LogP contribution in [0, 0.1) is 0 Å². The number of benzene rings is 1. The topological polar surface area (TPSA) is 63.1 Å². The highest BCUT2D eigenvalue weighted by molar-refractivity contribution is 9.10. The van der Waals surface area contributed by atoms with E-state index in [1.807, 2.05) is 12.1 Å². The Morgan fingerprint density at radius 2 is 2.00 bits per heavy atom. The largest absolute Gasteiger partial charge is 0.291 e. The standard InChI is InChI=1S/C12H9BrN4OS/c13-9-3-1-8(2-4-9)7-19-12-16-15-11-14-10(18)5-6-17(11)12/h1-6H,7H2,(H,14,15,18). The molecule has 5 nitrogen and oxygen atoms in total. The Hall–Kier alpha value is -1.60. The van der Waals surface area contributed by atoms with Gasteiger partial charge in [-0.1, -0.05) is 39.8 Å². The summed E-state index contributed by atoms with van der Waals surface area (Å²) in [6.07, 6.45) is 1.68. The fourth-order valence-electron chi connectivity index (χ4n) is 1.62. The number of H-pyrrole nitrogens is 1. The number of aromatic amines is 1. The predicted molar refractivity (Wildman–Crippen MR) is 77.3 cm³/mol. The van der Waals surface area contributed by atoms with Crippen molar-refractivity contribution in [3.8, 4) is 0 Å². The van der Waals surface area contributed by atoms with Crippen LogP contribution in [0.4, 0.5) is 0 Å². The highest BCUT2D eigenvalue weighted by Crippen LogP contribution is 2.21. The average Bonchev–Trinajstić information content (AvgIpc) is 2.80. The van der Waals surface area contributed by atoms with Gasteiger partial charge in [-0.05, 0) is 17.7 Å². The molecule has 1 aromatic carbocycles. The van der Waals surface area contributed by atoms with Gasteiger partial charge in [-0.3, -0.25) is 14.2 Å². The van der Waals surface area contributed by atoms with Crippen molar-refractivity contribution in [2.75, 3.05) is 0 Å². The van der Waals surface area contributed by atoms with Gasteiger partial charge in [-0.15, -0.1) is 10.2 Å². The highest BCUT2D eigenvalue weighted by Gasteiger charge is 2.06. The number of hydrogen-bond acceptors (Lipinski definition) is 4. The molecule has 7 heteroatoms. The van der Waals surface area contributed by atoms with Crippen LogP contribution >= 0.6 is 27.7 Å². The first kappa shape index (κ1) is 12.4. The first-order valence-corrected chi connectivity index (χ1v) is 7.31. The molecule has 2 aromatic heterocycles. The van der Waals surface area contributed by atoms with Crippen molar-refractivity contribution in [2.45, 2.75) is 10.9 Å². The second-order valence-corrected chi connectivity index (χ2v) is 5.75. The second kappa shape index (κ2) is 5.18. The van der Waals surface area contributed by atoms with Crippen molar-refractivity contribution >= 4 is 33.5 Å². The molecular weight excluding hydrogens is 328 g/mol. The zero-order valence-electron chi connectivity index (χ0n) is 9.71. The molecule has 3 aromatic rings. The van der Waals surface area contributed by atoms with Gasteiger partial charge in [-0.25, -0.2) is 0 Å². The summed E-state index contributed by atoms with van der Waals surface area (Å²) < 4.78 is 2.83.